The second-order valence-electron chi connectivity index (χ2n) is 3.94. The van der Waals surface area contributed by atoms with E-state index in [9.17, 15) is 0 Å². The molecule has 2 rings (SSSR count). The fraction of sp³-hybridized carbons (Fsp3) is 0.636. The highest BCUT2D eigenvalue weighted by molar-refractivity contribution is 8.78. The third kappa shape index (κ3) is 1.84. The Kier molecular flexibility index (Phi) is 3.10. The van der Waals surface area contributed by atoms with E-state index in [1.807, 2.05) is 21.6 Å². The summed E-state index contributed by atoms with van der Waals surface area (Å²) in [5.74, 6) is 0. The van der Waals surface area contributed by atoms with E-state index in [4.69, 9.17) is 0 Å². The molecule has 1 saturated carbocycles. The van der Waals surface area contributed by atoms with Gasteiger partial charge in [0.15, 0.2) is 0 Å². The molecule has 2 heteroatoms. The number of rotatable bonds is 2. The Balaban J connectivity index is 2.12. The van der Waals surface area contributed by atoms with Crippen LogP contribution in [0.1, 0.15) is 32.1 Å². The summed E-state index contributed by atoms with van der Waals surface area (Å²) in [6.07, 6.45) is 11.5. The van der Waals surface area contributed by atoms with Gasteiger partial charge >= 0.3 is 0 Å². The van der Waals surface area contributed by atoms with Crippen molar-refractivity contribution in [1.29, 1.82) is 0 Å². The van der Waals surface area contributed by atoms with Gasteiger partial charge in [-0.3, -0.25) is 0 Å². The lowest BCUT2D eigenvalue weighted by Crippen LogP contribution is -2.30. The van der Waals surface area contributed by atoms with Gasteiger partial charge in [-0.15, -0.1) is 6.58 Å². The van der Waals surface area contributed by atoms with Crippen molar-refractivity contribution < 1.29 is 0 Å². The summed E-state index contributed by atoms with van der Waals surface area (Å²) in [5.41, 5.74) is 0.420. The summed E-state index contributed by atoms with van der Waals surface area (Å²) in [6, 6.07) is 0. The maximum Gasteiger partial charge on any atom is 0.0433 e. The van der Waals surface area contributed by atoms with E-state index in [1.165, 1.54) is 32.1 Å². The van der Waals surface area contributed by atoms with Crippen molar-refractivity contribution >= 4 is 21.6 Å². The lowest BCUT2D eigenvalue weighted by molar-refractivity contribution is 0.269. The Morgan fingerprint density at radius 1 is 1.31 bits per heavy atom. The SMILES string of the molecule is C=CC1(C2C=CSS2)CCCCC1. The van der Waals surface area contributed by atoms with Gasteiger partial charge in [-0.2, -0.15) is 0 Å². The van der Waals surface area contributed by atoms with Crippen molar-refractivity contribution in [2.75, 3.05) is 0 Å². The summed E-state index contributed by atoms with van der Waals surface area (Å²) in [7, 11) is 3.88. The van der Waals surface area contributed by atoms with Crippen LogP contribution in [0.25, 0.3) is 0 Å². The summed E-state index contributed by atoms with van der Waals surface area (Å²) < 4.78 is 0. The van der Waals surface area contributed by atoms with E-state index < -0.39 is 0 Å². The molecule has 0 aromatic carbocycles. The zero-order valence-electron chi connectivity index (χ0n) is 7.87. The lowest BCUT2D eigenvalue weighted by atomic mass is 9.71. The van der Waals surface area contributed by atoms with Crippen molar-refractivity contribution in [2.24, 2.45) is 5.41 Å². The van der Waals surface area contributed by atoms with Crippen LogP contribution in [0, 0.1) is 5.41 Å². The highest BCUT2D eigenvalue weighted by Gasteiger charge is 2.37. The van der Waals surface area contributed by atoms with Crippen molar-refractivity contribution in [3.8, 4) is 0 Å². The Hall–Kier alpha value is 0.180. The standard InChI is InChI=1S/C11H16S2/c1-2-11(7-4-3-5-8-11)10-6-9-12-13-10/h2,6,9-10H,1,3-5,7-8H2. The molecule has 0 amide bonds. The molecule has 0 nitrogen and oxygen atoms in total. The number of allylic oxidation sites excluding steroid dienone is 1. The predicted octanol–water partition coefficient (Wildman–Crippen LogP) is 4.40. The van der Waals surface area contributed by atoms with E-state index in [-0.39, 0.29) is 0 Å². The minimum absolute atomic E-state index is 0.420. The molecule has 0 bridgehead atoms. The summed E-state index contributed by atoms with van der Waals surface area (Å²) >= 11 is 0. The van der Waals surface area contributed by atoms with Gasteiger partial charge in [0, 0.05) is 10.7 Å². The first-order valence-electron chi connectivity index (χ1n) is 5.00. The molecule has 1 heterocycles. The first-order chi connectivity index (χ1) is 6.37. The normalized spacial score (nSPS) is 31.8. The number of hydrogen-bond acceptors (Lipinski definition) is 2. The third-order valence-corrected chi connectivity index (χ3v) is 5.73. The minimum atomic E-state index is 0.420. The van der Waals surface area contributed by atoms with Gasteiger partial charge in [0.25, 0.3) is 0 Å². The summed E-state index contributed by atoms with van der Waals surface area (Å²) in [4.78, 5) is 0. The zero-order chi connectivity index (χ0) is 9.15. The molecule has 2 aliphatic rings. The number of hydrogen-bond donors (Lipinski definition) is 0. The Labute approximate surface area is 88.6 Å². The van der Waals surface area contributed by atoms with E-state index >= 15 is 0 Å². The predicted molar refractivity (Wildman–Crippen MR) is 63.8 cm³/mol. The van der Waals surface area contributed by atoms with Crippen LogP contribution >= 0.6 is 21.6 Å². The smallest absolute Gasteiger partial charge is 0.0433 e. The monoisotopic (exact) mass is 212 g/mol. The fourth-order valence-corrected chi connectivity index (χ4v) is 5.01. The molecular weight excluding hydrogens is 196 g/mol. The maximum absolute atomic E-state index is 4.04. The average Bonchev–Trinajstić information content (AvgIpc) is 2.72. The first-order valence-corrected chi connectivity index (χ1v) is 7.27. The summed E-state index contributed by atoms with van der Waals surface area (Å²) in [5, 5.41) is 2.92. The topological polar surface area (TPSA) is 0 Å². The summed E-state index contributed by atoms with van der Waals surface area (Å²) in [6.45, 7) is 4.04. The van der Waals surface area contributed by atoms with Crippen LogP contribution in [-0.2, 0) is 0 Å². The van der Waals surface area contributed by atoms with Gasteiger partial charge in [-0.05, 0) is 18.2 Å². The van der Waals surface area contributed by atoms with E-state index in [0.717, 1.165) is 0 Å². The van der Waals surface area contributed by atoms with Crippen molar-refractivity contribution in [3.63, 3.8) is 0 Å². The van der Waals surface area contributed by atoms with Gasteiger partial charge < -0.3 is 0 Å². The molecule has 0 aromatic heterocycles. The van der Waals surface area contributed by atoms with E-state index in [1.54, 1.807) is 0 Å². The first kappa shape index (κ1) is 9.72. The minimum Gasteiger partial charge on any atom is -0.102 e. The largest absolute Gasteiger partial charge is 0.102 e. The van der Waals surface area contributed by atoms with Crippen molar-refractivity contribution in [3.05, 3.63) is 24.1 Å². The van der Waals surface area contributed by atoms with E-state index in [0.29, 0.717) is 10.7 Å². The third-order valence-electron chi connectivity index (χ3n) is 3.23. The zero-order valence-corrected chi connectivity index (χ0v) is 9.50. The lowest BCUT2D eigenvalue weighted by Gasteiger charge is -2.38. The maximum atomic E-state index is 4.04. The van der Waals surface area contributed by atoms with Crippen LogP contribution < -0.4 is 0 Å². The van der Waals surface area contributed by atoms with Crippen LogP contribution in [0.4, 0.5) is 0 Å². The Morgan fingerprint density at radius 2 is 2.08 bits per heavy atom. The van der Waals surface area contributed by atoms with Gasteiger partial charge in [0.1, 0.15) is 0 Å². The molecule has 0 radical (unpaired) electrons. The van der Waals surface area contributed by atoms with Crippen LogP contribution in [0.3, 0.4) is 0 Å². The van der Waals surface area contributed by atoms with Crippen LogP contribution in [0.2, 0.25) is 0 Å². The average molecular weight is 212 g/mol. The van der Waals surface area contributed by atoms with Gasteiger partial charge in [-0.1, -0.05) is 53.0 Å². The van der Waals surface area contributed by atoms with Gasteiger partial charge in [-0.25, -0.2) is 0 Å². The van der Waals surface area contributed by atoms with Crippen molar-refractivity contribution in [1.82, 2.24) is 0 Å². The van der Waals surface area contributed by atoms with Crippen LogP contribution in [0.15, 0.2) is 24.1 Å². The second-order valence-corrected chi connectivity index (χ2v) is 6.26. The van der Waals surface area contributed by atoms with Gasteiger partial charge in [0.2, 0.25) is 0 Å². The van der Waals surface area contributed by atoms with Crippen LogP contribution in [-0.4, -0.2) is 5.25 Å². The van der Waals surface area contributed by atoms with Gasteiger partial charge in [0.05, 0.1) is 0 Å². The molecule has 0 saturated heterocycles. The molecule has 72 valence electrons. The van der Waals surface area contributed by atoms with Crippen molar-refractivity contribution in [2.45, 2.75) is 37.4 Å². The molecule has 1 aliphatic heterocycles. The second kappa shape index (κ2) is 4.14. The molecule has 13 heavy (non-hydrogen) atoms. The molecule has 1 atom stereocenters. The molecule has 0 spiro atoms. The van der Waals surface area contributed by atoms with Crippen LogP contribution in [0.5, 0.6) is 0 Å². The highest BCUT2D eigenvalue weighted by atomic mass is 33.1. The molecule has 0 aromatic rings. The van der Waals surface area contributed by atoms with E-state index in [2.05, 4.69) is 24.1 Å². The molecular formula is C11H16S2. The Morgan fingerprint density at radius 3 is 2.62 bits per heavy atom. The quantitative estimate of drug-likeness (QED) is 0.491. The molecule has 1 fully saturated rings. The molecule has 1 aliphatic carbocycles. The molecule has 1 unspecified atom stereocenters. The highest BCUT2D eigenvalue weighted by Crippen LogP contribution is 2.51. The Bertz CT molecular complexity index is 214. The molecule has 0 N–H and O–H groups in total. The fourth-order valence-electron chi connectivity index (χ4n) is 2.33.